The third-order valence-corrected chi connectivity index (χ3v) is 26.2. The number of carbonyl (C=O) groups excluding carboxylic acids is 15. The smallest absolute Gasteiger partial charge is 0.249 e. The molecule has 2 heterocycles. The Labute approximate surface area is 714 Å². The van der Waals surface area contributed by atoms with Gasteiger partial charge in [-0.2, -0.15) is 11.8 Å². The minimum atomic E-state index is -1.98. The van der Waals surface area contributed by atoms with Gasteiger partial charge in [-0.15, -0.1) is 11.8 Å². The Morgan fingerprint density at radius 2 is 1.30 bits per heavy atom. The number of primary amides is 2. The quantitative estimate of drug-likeness (QED) is 0.0225. The molecule has 0 aliphatic heterocycles. The number of para-hydroxylation sites is 1. The molecule has 4 aliphatic carbocycles. The summed E-state index contributed by atoms with van der Waals surface area (Å²) in [7, 11) is 3.20. The van der Waals surface area contributed by atoms with E-state index in [9.17, 15) is 68.1 Å². The van der Waals surface area contributed by atoms with Crippen LogP contribution >= 0.6 is 23.5 Å². The Morgan fingerprint density at radius 1 is 0.653 bits per heavy atom. The Hall–Kier alpha value is -9.28. The molecular weight excluding hydrogens is 1600 g/mol. The molecule has 7 rings (SSSR count). The summed E-state index contributed by atoms with van der Waals surface area (Å²) in [6.45, 7) is 12.8. The maximum atomic E-state index is 15.6. The first-order chi connectivity index (χ1) is 57.1. The van der Waals surface area contributed by atoms with Gasteiger partial charge in [-0.25, -0.2) is 4.98 Å². The van der Waals surface area contributed by atoms with Gasteiger partial charge in [-0.1, -0.05) is 66.7 Å². The van der Waals surface area contributed by atoms with E-state index in [0.717, 1.165) is 31.0 Å². The lowest BCUT2D eigenvalue weighted by molar-refractivity contribution is -0.202. The number of H-pyrrole nitrogens is 2. The van der Waals surface area contributed by atoms with E-state index in [-0.39, 0.29) is 103 Å². The summed E-state index contributed by atoms with van der Waals surface area (Å²) < 4.78 is 0. The van der Waals surface area contributed by atoms with Crippen LogP contribution in [-0.4, -0.2) is 265 Å². The van der Waals surface area contributed by atoms with E-state index >= 15 is 19.2 Å². The van der Waals surface area contributed by atoms with Crippen molar-refractivity contribution in [2.75, 3.05) is 64.0 Å². The molecule has 1 aromatic carbocycles. The van der Waals surface area contributed by atoms with Crippen molar-refractivity contribution >= 4 is 123 Å². The van der Waals surface area contributed by atoms with Gasteiger partial charge in [-0.3, -0.25) is 76.8 Å². The second kappa shape index (κ2) is 45.7. The van der Waals surface area contributed by atoms with Gasteiger partial charge in [0, 0.05) is 73.4 Å². The van der Waals surface area contributed by atoms with Crippen molar-refractivity contribution in [3.05, 3.63) is 54.2 Å². The summed E-state index contributed by atoms with van der Waals surface area (Å²) in [4.78, 5) is 222. The molecule has 0 saturated heterocycles. The summed E-state index contributed by atoms with van der Waals surface area (Å²) in [5.74, 6) is -14.5. The van der Waals surface area contributed by atoms with Crippen LogP contribution in [0.25, 0.3) is 10.9 Å². The Bertz CT molecular complexity index is 4120. The number of nitrogens with two attached hydrogens (primary N) is 3. The van der Waals surface area contributed by atoms with E-state index in [1.54, 1.807) is 58.4 Å². The van der Waals surface area contributed by atoms with Crippen LogP contribution in [0.15, 0.2) is 43.0 Å². The summed E-state index contributed by atoms with van der Waals surface area (Å²) in [5, 5.41) is 63.7. The van der Waals surface area contributed by atoms with Gasteiger partial charge in [0.2, 0.25) is 88.6 Å². The summed E-state index contributed by atoms with van der Waals surface area (Å²) in [6.07, 6.45) is 7.94. The predicted molar refractivity (Wildman–Crippen MR) is 453 cm³/mol. The van der Waals surface area contributed by atoms with Crippen molar-refractivity contribution in [1.29, 1.82) is 0 Å². The Morgan fingerprint density at radius 3 is 1.94 bits per heavy atom. The van der Waals surface area contributed by atoms with Crippen LogP contribution in [0.5, 0.6) is 0 Å². The molecule has 672 valence electrons. The number of hydrogen-bond acceptors (Lipinski definition) is 23. The van der Waals surface area contributed by atoms with Crippen LogP contribution in [0.2, 0.25) is 0 Å². The zero-order valence-corrected chi connectivity index (χ0v) is 73.1. The molecule has 3 aromatic rings. The summed E-state index contributed by atoms with van der Waals surface area (Å²) in [6, 6.07) is -6.21. The Kier molecular flexibility index (Phi) is 37.4. The first-order valence-electron chi connectivity index (χ1n) is 41.7. The topological polar surface area (TPSA) is 578 Å². The number of rotatable bonds is 46. The molecular formula is C82H129N19O18S2. The van der Waals surface area contributed by atoms with Crippen LogP contribution in [0.3, 0.4) is 0 Å². The van der Waals surface area contributed by atoms with Crippen LogP contribution in [0.4, 0.5) is 0 Å². The first kappa shape index (κ1) is 98.8. The average molecular weight is 1730 g/mol. The maximum absolute atomic E-state index is 15.6. The van der Waals surface area contributed by atoms with Gasteiger partial charge in [0.1, 0.15) is 54.4 Å². The monoisotopic (exact) mass is 1730 g/mol. The third-order valence-electron chi connectivity index (χ3n) is 24.7. The van der Waals surface area contributed by atoms with Gasteiger partial charge >= 0.3 is 0 Å². The number of benzene rings is 1. The third kappa shape index (κ3) is 27.1. The highest BCUT2D eigenvalue weighted by Crippen LogP contribution is 2.68. The number of aliphatic hydroxyl groups excluding tert-OH is 3. The van der Waals surface area contributed by atoms with Gasteiger partial charge in [0.05, 0.1) is 50.7 Å². The molecule has 121 heavy (non-hydrogen) atoms. The number of amides is 15. The lowest BCUT2D eigenvalue weighted by atomic mass is 9.43. The molecule has 15 amide bonds. The van der Waals surface area contributed by atoms with Crippen molar-refractivity contribution < 1.29 is 87.2 Å². The molecule has 0 radical (unpaired) electrons. The number of aliphatic hydroxyl groups is 3. The molecule has 37 nitrogen and oxygen atoms in total. The minimum Gasteiger partial charge on any atom is -0.394 e. The highest BCUT2D eigenvalue weighted by Gasteiger charge is 2.66. The fourth-order valence-electron chi connectivity index (χ4n) is 18.2. The van der Waals surface area contributed by atoms with Crippen molar-refractivity contribution in [1.82, 2.24) is 83.2 Å². The van der Waals surface area contributed by atoms with Crippen molar-refractivity contribution in [3.8, 4) is 0 Å². The molecule has 20 atom stereocenters. The van der Waals surface area contributed by atoms with E-state index in [2.05, 4.69) is 87.3 Å². The van der Waals surface area contributed by atoms with Crippen molar-refractivity contribution in [2.24, 2.45) is 75.4 Å². The van der Waals surface area contributed by atoms with Crippen LogP contribution < -0.4 is 75.7 Å². The molecule has 0 unspecified atom stereocenters. The first-order valence-corrected chi connectivity index (χ1v) is 44.3. The van der Waals surface area contributed by atoms with E-state index in [1.807, 2.05) is 27.0 Å². The van der Waals surface area contributed by atoms with Gasteiger partial charge in [0.25, 0.3) is 0 Å². The molecule has 0 bridgehead atoms. The average Bonchev–Trinajstić information content (AvgIpc) is 1.63. The normalized spacial score (nSPS) is 23.6. The Balaban J connectivity index is 1.14. The number of carbonyl (C=O) groups is 15. The highest BCUT2D eigenvalue weighted by atomic mass is 32.2. The fourth-order valence-corrected chi connectivity index (χ4v) is 19.6. The number of thioether (sulfide) groups is 2. The SMILES string of the molecule is CSCC[C@H](NC(=O)[C@H](CC(C)C)NC(=O)[C@H](Cc1cnc[nH]1)NC(=O)CNC(=O)[C@@H](NC(=O)[C@H](C)NC(=O)[C@H](Cc1c[nH]c2ccccc12)NC(=O)[C@H](CCC(N)=O)N(C(=O)CC[C@@H](C)[C@H]1CC[C@H]2[C@@H]3[C@H](O)C[C@H]4C[C@@H](N)CC[C@]4(C)[C@H]3C[C@H](O)[C@]12C)C(=O)CNC(=O)[C@H](CSCNC(C)=O)NC(=O)[C@H](CO)NC(=O)CN(C)C)C(C)C)C(N)=O. The maximum Gasteiger partial charge on any atom is 0.249 e. The van der Waals surface area contributed by atoms with Crippen LogP contribution in [0.1, 0.15) is 157 Å². The highest BCUT2D eigenvalue weighted by molar-refractivity contribution is 7.99. The number of fused-ring (bicyclic) bond motifs is 6. The summed E-state index contributed by atoms with van der Waals surface area (Å²) in [5.41, 5.74) is 18.5. The number of aromatic amines is 2. The fraction of sp³-hybridized carbons (Fsp3) is 0.683. The minimum absolute atomic E-state index is 0.0316. The standard InChI is InChI=1S/C82H129N19O18S2/c1-42(2)27-57(76(115)95-56(72(85)111)24-26-120-12)96-77(116)59(31-50-34-86-40-90-50)93-66(107)35-88-80(119)71(43(3)4)99-73(112)45(6)92-75(114)58(28-47-33-87-55-16-14-13-15-51(47)55)97-79(118)62(20-21-65(84)106)101(69(110)36-89-74(113)61(39-121-41-91-46(7)103)98-78(117)60(38-102)94-67(108)37-100(10)11)68(109)22-17-44(5)52-18-19-53-70-54(32-64(105)82(52,53)9)81(8)25-23-49(83)29-48(81)30-63(70)104/h13-16,33-34,40,42-45,48-49,52-54,56-64,70-71,87,102,104-105H,17-32,35-39,41,83H2,1-12H3,(H2,84,106)(H2,85,111)(H,86,90)(H,88,119)(H,89,113)(H,91,103)(H,92,114)(H,93,107)(H,94,108)(H,95,115)(H,96,116)(H,97,118)(H,98,117)(H,99,112)/t44-,45+,48-,49+,52-,53+,54+,56+,57+,58+,59+,60+,61+,62+,63-,64+,70+,71+,81+,82-/m1/s1. The van der Waals surface area contributed by atoms with Gasteiger partial charge in [0.15, 0.2) is 0 Å². The number of imide groups is 1. The molecule has 2 aromatic heterocycles. The van der Waals surface area contributed by atoms with Crippen LogP contribution in [-0.2, 0) is 84.8 Å². The van der Waals surface area contributed by atoms with Crippen LogP contribution in [0, 0.1) is 58.2 Å². The number of aromatic nitrogens is 3. The van der Waals surface area contributed by atoms with E-state index in [0.29, 0.717) is 58.5 Å². The van der Waals surface area contributed by atoms with Crippen molar-refractivity contribution in [3.63, 3.8) is 0 Å². The van der Waals surface area contributed by atoms with E-state index < -0.39 is 205 Å². The van der Waals surface area contributed by atoms with E-state index in [1.165, 1.54) is 43.0 Å². The number of nitrogens with one attached hydrogen (secondary N) is 13. The zero-order valence-electron chi connectivity index (χ0n) is 71.5. The molecule has 4 fully saturated rings. The zero-order chi connectivity index (χ0) is 89.5. The molecule has 4 saturated carbocycles. The molecule has 39 heteroatoms. The predicted octanol–water partition coefficient (Wildman–Crippen LogP) is -1.54. The van der Waals surface area contributed by atoms with Gasteiger partial charge < -0.3 is 106 Å². The second-order valence-electron chi connectivity index (χ2n) is 34.5. The molecule has 22 N–H and O–H groups in total. The van der Waals surface area contributed by atoms with E-state index in [4.69, 9.17) is 17.2 Å². The van der Waals surface area contributed by atoms with Gasteiger partial charge in [-0.05, 0) is 173 Å². The number of hydrogen-bond donors (Lipinski definition) is 19. The number of imidazole rings is 1. The summed E-state index contributed by atoms with van der Waals surface area (Å²) >= 11 is 2.42. The molecule has 4 aliphatic rings. The van der Waals surface area contributed by atoms with Crippen molar-refractivity contribution in [2.45, 2.75) is 231 Å². The lowest BCUT2D eigenvalue weighted by Crippen LogP contribution is -2.62. The molecule has 0 spiro atoms. The lowest BCUT2D eigenvalue weighted by Gasteiger charge is -2.63. The number of likely N-dealkylation sites (N-methyl/N-ethyl adjacent to an activating group) is 1. The number of nitrogens with zero attached hydrogens (tertiary/aromatic N) is 3. The second-order valence-corrected chi connectivity index (χ2v) is 36.5. The largest absolute Gasteiger partial charge is 0.394 e.